The topological polar surface area (TPSA) is 98.8 Å². The number of hydrogen-bond donors (Lipinski definition) is 2. The summed E-state index contributed by atoms with van der Waals surface area (Å²) in [6.07, 6.45) is 5.12. The van der Waals surface area contributed by atoms with Gasteiger partial charge in [-0.25, -0.2) is 4.79 Å². The zero-order chi connectivity index (χ0) is 23.4. The van der Waals surface area contributed by atoms with Gasteiger partial charge >= 0.3 is 6.03 Å². The van der Waals surface area contributed by atoms with E-state index in [0.29, 0.717) is 24.2 Å². The van der Waals surface area contributed by atoms with Crippen LogP contribution in [-0.2, 0) is 21.5 Å². The van der Waals surface area contributed by atoms with Gasteiger partial charge in [0.25, 0.3) is 5.91 Å². The molecule has 0 aromatic heterocycles. The van der Waals surface area contributed by atoms with Crippen molar-refractivity contribution in [3.05, 3.63) is 59.2 Å². The molecule has 1 unspecified atom stereocenters. The molecule has 2 N–H and O–H groups in total. The number of rotatable bonds is 2. The van der Waals surface area contributed by atoms with Crippen molar-refractivity contribution in [1.82, 2.24) is 10.2 Å². The van der Waals surface area contributed by atoms with E-state index in [1.807, 2.05) is 29.2 Å². The summed E-state index contributed by atoms with van der Waals surface area (Å²) >= 11 is 0. The number of imide groups is 1. The Morgan fingerprint density at radius 1 is 1.06 bits per heavy atom. The van der Waals surface area contributed by atoms with E-state index < -0.39 is 11.9 Å². The van der Waals surface area contributed by atoms with Crippen LogP contribution in [0.2, 0.25) is 0 Å². The Hall–Kier alpha value is -3.68. The second-order valence-corrected chi connectivity index (χ2v) is 9.79. The van der Waals surface area contributed by atoms with Crippen molar-refractivity contribution >= 4 is 35.1 Å². The van der Waals surface area contributed by atoms with E-state index in [4.69, 9.17) is 0 Å². The molecule has 0 radical (unpaired) electrons. The predicted octanol–water partition coefficient (Wildman–Crippen LogP) is 3.31. The molecule has 2 aromatic rings. The summed E-state index contributed by atoms with van der Waals surface area (Å²) < 4.78 is 0. The van der Waals surface area contributed by atoms with Crippen LogP contribution < -0.4 is 15.5 Å². The molecule has 1 saturated heterocycles. The molecule has 3 heterocycles. The number of nitrogens with one attached hydrogen (secondary N) is 2. The number of benzene rings is 2. The molecule has 0 bridgehead atoms. The number of fused-ring (bicyclic) bond motifs is 3. The molecule has 5 amide bonds. The molecular weight excluding hydrogens is 432 g/mol. The largest absolute Gasteiger partial charge is 0.326 e. The lowest BCUT2D eigenvalue weighted by atomic mass is 9.81. The Kier molecular flexibility index (Phi) is 4.72. The van der Waals surface area contributed by atoms with Gasteiger partial charge in [0, 0.05) is 41.9 Å². The molecule has 1 aliphatic carbocycles. The van der Waals surface area contributed by atoms with Crippen LogP contribution in [0.15, 0.2) is 42.5 Å². The minimum absolute atomic E-state index is 0.0563. The number of anilines is 2. The van der Waals surface area contributed by atoms with E-state index >= 15 is 0 Å². The quantitative estimate of drug-likeness (QED) is 0.675. The van der Waals surface area contributed by atoms with Crippen LogP contribution in [0.25, 0.3) is 0 Å². The highest BCUT2D eigenvalue weighted by molar-refractivity contribution is 6.07. The molecule has 2 fully saturated rings. The van der Waals surface area contributed by atoms with Gasteiger partial charge in [-0.05, 0) is 54.7 Å². The standard InChI is InChI=1S/C26H26N4O4/c31-22-10-9-21(23(32)28-22)29-14-16-13-17(7-8-18(16)24(29)33)27-25(34)30-15-26(11-3-4-12-26)19-5-1-2-6-20(19)30/h1-2,5-8,13,21H,3-4,9-12,14-15H2,(H,27,34)(H,28,31,32). The first kappa shape index (κ1) is 20.9. The van der Waals surface area contributed by atoms with E-state index in [9.17, 15) is 19.2 Å². The summed E-state index contributed by atoms with van der Waals surface area (Å²) in [5.74, 6) is -0.961. The fourth-order valence-electron chi connectivity index (χ4n) is 6.13. The lowest BCUT2D eigenvalue weighted by Crippen LogP contribution is -2.52. The van der Waals surface area contributed by atoms with E-state index in [2.05, 4.69) is 16.7 Å². The van der Waals surface area contributed by atoms with Crippen molar-refractivity contribution in [3.63, 3.8) is 0 Å². The molecule has 6 rings (SSSR count). The van der Waals surface area contributed by atoms with E-state index in [1.54, 1.807) is 12.1 Å². The zero-order valence-electron chi connectivity index (χ0n) is 18.8. The first-order valence-corrected chi connectivity index (χ1v) is 11.9. The molecule has 3 aliphatic heterocycles. The summed E-state index contributed by atoms with van der Waals surface area (Å²) in [6.45, 7) is 0.963. The molecule has 1 saturated carbocycles. The van der Waals surface area contributed by atoms with Crippen molar-refractivity contribution in [2.75, 3.05) is 16.8 Å². The number of urea groups is 1. The number of para-hydroxylation sites is 1. The van der Waals surface area contributed by atoms with Gasteiger partial charge in [-0.1, -0.05) is 31.0 Å². The van der Waals surface area contributed by atoms with E-state index in [0.717, 1.165) is 24.1 Å². The van der Waals surface area contributed by atoms with Crippen LogP contribution in [0.1, 0.15) is 60.0 Å². The Bertz CT molecular complexity index is 1230. The fraction of sp³-hybridized carbons (Fsp3) is 0.385. The highest BCUT2D eigenvalue weighted by atomic mass is 16.2. The van der Waals surface area contributed by atoms with Gasteiger partial charge in [0.2, 0.25) is 11.8 Å². The van der Waals surface area contributed by atoms with Crippen molar-refractivity contribution in [2.24, 2.45) is 0 Å². The van der Waals surface area contributed by atoms with Gasteiger partial charge in [0.05, 0.1) is 0 Å². The number of carbonyl (C=O) groups is 4. The third-order valence-corrected chi connectivity index (χ3v) is 7.81. The lowest BCUT2D eigenvalue weighted by molar-refractivity contribution is -0.136. The molecule has 1 atom stereocenters. The number of piperidine rings is 1. The van der Waals surface area contributed by atoms with Crippen LogP contribution in [0, 0.1) is 0 Å². The minimum atomic E-state index is -0.653. The molecule has 8 nitrogen and oxygen atoms in total. The van der Waals surface area contributed by atoms with Gasteiger partial charge < -0.3 is 10.2 Å². The second kappa shape index (κ2) is 7.68. The molecule has 8 heteroatoms. The Labute approximate surface area is 197 Å². The average Bonchev–Trinajstić information content (AvgIpc) is 3.52. The molecule has 1 spiro atoms. The summed E-state index contributed by atoms with van der Waals surface area (Å²) in [7, 11) is 0. The van der Waals surface area contributed by atoms with Gasteiger partial charge in [0.15, 0.2) is 0 Å². The summed E-state index contributed by atoms with van der Waals surface area (Å²) in [4.78, 5) is 53.3. The maximum Gasteiger partial charge on any atom is 0.326 e. The Balaban J connectivity index is 1.20. The van der Waals surface area contributed by atoms with Gasteiger partial charge in [-0.3, -0.25) is 24.6 Å². The van der Waals surface area contributed by atoms with Crippen LogP contribution in [0.3, 0.4) is 0 Å². The van der Waals surface area contributed by atoms with E-state index in [1.165, 1.54) is 23.3 Å². The molecule has 174 valence electrons. The third kappa shape index (κ3) is 3.20. The summed E-state index contributed by atoms with van der Waals surface area (Å²) in [5, 5.41) is 5.33. The lowest BCUT2D eigenvalue weighted by Gasteiger charge is -2.29. The molecule has 2 aromatic carbocycles. The number of amides is 5. The van der Waals surface area contributed by atoms with Crippen molar-refractivity contribution in [1.29, 1.82) is 0 Å². The monoisotopic (exact) mass is 458 g/mol. The first-order chi connectivity index (χ1) is 16.4. The molecule has 34 heavy (non-hydrogen) atoms. The number of nitrogens with zero attached hydrogens (tertiary/aromatic N) is 2. The van der Waals surface area contributed by atoms with Crippen molar-refractivity contribution in [2.45, 2.75) is 56.5 Å². The fourth-order valence-corrected chi connectivity index (χ4v) is 6.13. The summed E-state index contributed by atoms with van der Waals surface area (Å²) in [5.41, 5.74) is 4.21. The van der Waals surface area contributed by atoms with Crippen LogP contribution in [0.5, 0.6) is 0 Å². The zero-order valence-corrected chi connectivity index (χ0v) is 18.8. The normalized spacial score (nSPS) is 22.7. The number of hydrogen-bond acceptors (Lipinski definition) is 4. The Morgan fingerprint density at radius 3 is 2.65 bits per heavy atom. The third-order valence-electron chi connectivity index (χ3n) is 7.81. The van der Waals surface area contributed by atoms with Crippen LogP contribution in [0.4, 0.5) is 16.2 Å². The van der Waals surface area contributed by atoms with Gasteiger partial charge in [-0.2, -0.15) is 0 Å². The van der Waals surface area contributed by atoms with Crippen molar-refractivity contribution < 1.29 is 19.2 Å². The van der Waals surface area contributed by atoms with Crippen molar-refractivity contribution in [3.8, 4) is 0 Å². The first-order valence-electron chi connectivity index (χ1n) is 11.9. The van der Waals surface area contributed by atoms with Crippen LogP contribution in [-0.4, -0.2) is 41.2 Å². The summed E-state index contributed by atoms with van der Waals surface area (Å²) in [6, 6.07) is 12.6. The SMILES string of the molecule is O=C1CCC(N2Cc3cc(NC(=O)N4CC5(CCCC5)c5ccccc54)ccc3C2=O)C(=O)N1. The molecule has 4 aliphatic rings. The molecular formula is C26H26N4O4. The second-order valence-electron chi connectivity index (χ2n) is 9.79. The highest BCUT2D eigenvalue weighted by Crippen LogP contribution is 2.50. The Morgan fingerprint density at radius 2 is 1.85 bits per heavy atom. The van der Waals surface area contributed by atoms with E-state index in [-0.39, 0.29) is 36.2 Å². The number of carbonyl (C=O) groups excluding carboxylic acids is 4. The maximum atomic E-state index is 13.3. The smallest absolute Gasteiger partial charge is 0.322 e. The minimum Gasteiger partial charge on any atom is -0.322 e. The maximum absolute atomic E-state index is 13.3. The average molecular weight is 459 g/mol. The highest BCUT2D eigenvalue weighted by Gasteiger charge is 2.46. The predicted molar refractivity (Wildman–Crippen MR) is 125 cm³/mol. The van der Waals surface area contributed by atoms with Gasteiger partial charge in [-0.15, -0.1) is 0 Å². The van der Waals surface area contributed by atoms with Crippen LogP contribution >= 0.6 is 0 Å². The van der Waals surface area contributed by atoms with Gasteiger partial charge in [0.1, 0.15) is 6.04 Å².